The number of rotatable bonds is 5. The maximum absolute atomic E-state index is 12.2. The SMILES string of the molecule is C/C(=C\c1ccc(C(C)(C)C)cc1)C(=O)NCCc1ccccc1. The van der Waals surface area contributed by atoms with Crippen molar-refractivity contribution in [3.05, 3.63) is 76.9 Å². The van der Waals surface area contributed by atoms with Crippen LogP contribution in [0.1, 0.15) is 44.4 Å². The van der Waals surface area contributed by atoms with Gasteiger partial charge in [0.25, 0.3) is 0 Å². The van der Waals surface area contributed by atoms with Crippen molar-refractivity contribution in [3.8, 4) is 0 Å². The zero-order valence-electron chi connectivity index (χ0n) is 15.1. The van der Waals surface area contributed by atoms with Crippen LogP contribution in [0.15, 0.2) is 60.2 Å². The molecule has 0 atom stereocenters. The first-order chi connectivity index (χ1) is 11.4. The van der Waals surface area contributed by atoms with Gasteiger partial charge in [0.05, 0.1) is 0 Å². The third kappa shape index (κ3) is 5.38. The fraction of sp³-hybridized carbons (Fsp3) is 0.318. The Morgan fingerprint density at radius 3 is 2.21 bits per heavy atom. The second kappa shape index (κ2) is 7.96. The average Bonchev–Trinajstić information content (AvgIpc) is 2.55. The highest BCUT2D eigenvalue weighted by molar-refractivity contribution is 5.97. The van der Waals surface area contributed by atoms with Gasteiger partial charge in [-0.25, -0.2) is 0 Å². The molecule has 2 nitrogen and oxygen atoms in total. The molecule has 2 aromatic rings. The Labute approximate surface area is 145 Å². The Morgan fingerprint density at radius 1 is 1.00 bits per heavy atom. The largest absolute Gasteiger partial charge is 0.352 e. The number of nitrogens with one attached hydrogen (secondary N) is 1. The van der Waals surface area contributed by atoms with Gasteiger partial charge in [0.15, 0.2) is 0 Å². The van der Waals surface area contributed by atoms with E-state index in [2.05, 4.69) is 62.5 Å². The molecule has 2 aromatic carbocycles. The van der Waals surface area contributed by atoms with Gasteiger partial charge in [-0.1, -0.05) is 75.4 Å². The number of hydrogen-bond acceptors (Lipinski definition) is 1. The van der Waals surface area contributed by atoms with Crippen molar-refractivity contribution in [3.63, 3.8) is 0 Å². The second-order valence-electron chi connectivity index (χ2n) is 7.19. The van der Waals surface area contributed by atoms with Crippen LogP contribution in [0.3, 0.4) is 0 Å². The van der Waals surface area contributed by atoms with Gasteiger partial charge in [0.2, 0.25) is 5.91 Å². The molecule has 2 rings (SSSR count). The lowest BCUT2D eigenvalue weighted by Crippen LogP contribution is -2.26. The summed E-state index contributed by atoms with van der Waals surface area (Å²) in [5, 5.41) is 2.98. The number of carbonyl (C=O) groups excluding carboxylic acids is 1. The molecule has 0 heterocycles. The molecule has 2 heteroatoms. The summed E-state index contributed by atoms with van der Waals surface area (Å²) in [4.78, 5) is 12.2. The minimum Gasteiger partial charge on any atom is -0.352 e. The van der Waals surface area contributed by atoms with Gasteiger partial charge in [0.1, 0.15) is 0 Å². The van der Waals surface area contributed by atoms with Crippen LogP contribution in [0.4, 0.5) is 0 Å². The molecule has 0 aliphatic heterocycles. The van der Waals surface area contributed by atoms with E-state index in [9.17, 15) is 4.79 Å². The van der Waals surface area contributed by atoms with E-state index >= 15 is 0 Å². The Hall–Kier alpha value is -2.35. The minimum absolute atomic E-state index is 0.00849. The summed E-state index contributed by atoms with van der Waals surface area (Å²) in [6, 6.07) is 18.6. The average molecular weight is 321 g/mol. The maximum Gasteiger partial charge on any atom is 0.246 e. The Balaban J connectivity index is 1.91. The Kier molecular flexibility index (Phi) is 5.97. The number of amides is 1. The van der Waals surface area contributed by atoms with E-state index in [-0.39, 0.29) is 11.3 Å². The topological polar surface area (TPSA) is 29.1 Å². The first-order valence-corrected chi connectivity index (χ1v) is 8.47. The molecule has 0 unspecified atom stereocenters. The molecule has 0 bridgehead atoms. The third-order valence-electron chi connectivity index (χ3n) is 4.06. The van der Waals surface area contributed by atoms with E-state index in [1.807, 2.05) is 31.2 Å². The zero-order chi connectivity index (χ0) is 17.6. The van der Waals surface area contributed by atoms with Crippen molar-refractivity contribution < 1.29 is 4.79 Å². The van der Waals surface area contributed by atoms with Crippen molar-refractivity contribution in [1.82, 2.24) is 5.32 Å². The fourth-order valence-corrected chi connectivity index (χ4v) is 2.50. The lowest BCUT2D eigenvalue weighted by atomic mass is 9.86. The molecule has 0 radical (unpaired) electrons. The highest BCUT2D eigenvalue weighted by atomic mass is 16.1. The van der Waals surface area contributed by atoms with Crippen LogP contribution in [0.5, 0.6) is 0 Å². The molecule has 126 valence electrons. The van der Waals surface area contributed by atoms with E-state index in [0.29, 0.717) is 6.54 Å². The predicted octanol–water partition coefficient (Wildman–Crippen LogP) is 4.75. The van der Waals surface area contributed by atoms with Crippen molar-refractivity contribution in [2.75, 3.05) is 6.54 Å². The molecule has 24 heavy (non-hydrogen) atoms. The molecule has 0 saturated carbocycles. The third-order valence-corrected chi connectivity index (χ3v) is 4.06. The van der Waals surface area contributed by atoms with E-state index in [4.69, 9.17) is 0 Å². The van der Waals surface area contributed by atoms with E-state index in [1.54, 1.807) is 0 Å². The zero-order valence-corrected chi connectivity index (χ0v) is 15.1. The van der Waals surface area contributed by atoms with Gasteiger partial charge < -0.3 is 5.32 Å². The fourth-order valence-electron chi connectivity index (χ4n) is 2.50. The summed E-state index contributed by atoms with van der Waals surface area (Å²) in [6.07, 6.45) is 2.78. The van der Waals surface area contributed by atoms with E-state index in [0.717, 1.165) is 17.6 Å². The molecule has 0 fully saturated rings. The molecule has 0 aromatic heterocycles. The smallest absolute Gasteiger partial charge is 0.246 e. The van der Waals surface area contributed by atoms with Gasteiger partial charge in [0, 0.05) is 12.1 Å². The first-order valence-electron chi connectivity index (χ1n) is 8.47. The molecular formula is C22H27NO. The summed E-state index contributed by atoms with van der Waals surface area (Å²) < 4.78 is 0. The van der Waals surface area contributed by atoms with Crippen LogP contribution in [0.25, 0.3) is 6.08 Å². The van der Waals surface area contributed by atoms with Crippen molar-refractivity contribution >= 4 is 12.0 Å². The van der Waals surface area contributed by atoms with Crippen LogP contribution in [0.2, 0.25) is 0 Å². The van der Waals surface area contributed by atoms with Gasteiger partial charge >= 0.3 is 0 Å². The van der Waals surface area contributed by atoms with Crippen LogP contribution < -0.4 is 5.32 Å². The summed E-state index contributed by atoms with van der Waals surface area (Å²) in [5.41, 5.74) is 4.46. The van der Waals surface area contributed by atoms with Crippen LogP contribution >= 0.6 is 0 Å². The van der Waals surface area contributed by atoms with Gasteiger partial charge in [-0.05, 0) is 41.5 Å². The Bertz CT molecular complexity index is 691. The maximum atomic E-state index is 12.2. The van der Waals surface area contributed by atoms with E-state index < -0.39 is 0 Å². The lowest BCUT2D eigenvalue weighted by molar-refractivity contribution is -0.117. The van der Waals surface area contributed by atoms with Crippen molar-refractivity contribution in [2.24, 2.45) is 0 Å². The monoisotopic (exact) mass is 321 g/mol. The summed E-state index contributed by atoms with van der Waals surface area (Å²) in [7, 11) is 0. The standard InChI is InChI=1S/C22H27NO/c1-17(16-19-10-12-20(13-11-19)22(2,3)4)21(24)23-15-14-18-8-6-5-7-9-18/h5-13,16H,14-15H2,1-4H3,(H,23,24)/b17-16+. The summed E-state index contributed by atoms with van der Waals surface area (Å²) in [6.45, 7) is 9.10. The Morgan fingerprint density at radius 2 is 1.62 bits per heavy atom. The lowest BCUT2D eigenvalue weighted by Gasteiger charge is -2.18. The predicted molar refractivity (Wildman–Crippen MR) is 102 cm³/mol. The highest BCUT2D eigenvalue weighted by Crippen LogP contribution is 2.22. The highest BCUT2D eigenvalue weighted by Gasteiger charge is 2.12. The van der Waals surface area contributed by atoms with Gasteiger partial charge in [-0.2, -0.15) is 0 Å². The summed E-state index contributed by atoms with van der Waals surface area (Å²) in [5.74, 6) is -0.00849. The van der Waals surface area contributed by atoms with Crippen LogP contribution in [0, 0.1) is 0 Å². The number of hydrogen-bond donors (Lipinski definition) is 1. The van der Waals surface area contributed by atoms with Crippen molar-refractivity contribution in [1.29, 1.82) is 0 Å². The molecule has 0 aliphatic carbocycles. The number of carbonyl (C=O) groups is 1. The van der Waals surface area contributed by atoms with Crippen LogP contribution in [-0.4, -0.2) is 12.5 Å². The van der Waals surface area contributed by atoms with Crippen LogP contribution in [-0.2, 0) is 16.6 Å². The second-order valence-corrected chi connectivity index (χ2v) is 7.19. The molecular weight excluding hydrogens is 294 g/mol. The van der Waals surface area contributed by atoms with E-state index in [1.165, 1.54) is 11.1 Å². The molecule has 0 aliphatic rings. The molecule has 0 spiro atoms. The van der Waals surface area contributed by atoms with Gasteiger partial charge in [-0.15, -0.1) is 0 Å². The normalized spacial score (nSPS) is 12.1. The minimum atomic E-state index is -0.00849. The molecule has 0 saturated heterocycles. The number of benzene rings is 2. The first kappa shape index (κ1) is 18.0. The summed E-state index contributed by atoms with van der Waals surface area (Å²) >= 11 is 0. The quantitative estimate of drug-likeness (QED) is 0.791. The molecule has 1 amide bonds. The van der Waals surface area contributed by atoms with Crippen molar-refractivity contribution in [2.45, 2.75) is 39.5 Å². The van der Waals surface area contributed by atoms with Gasteiger partial charge in [-0.3, -0.25) is 4.79 Å². The molecule has 1 N–H and O–H groups in total.